The molecule has 3 rings (SSSR count). The second-order valence-corrected chi connectivity index (χ2v) is 5.68. The highest BCUT2D eigenvalue weighted by Gasteiger charge is 2.15. The lowest BCUT2D eigenvalue weighted by atomic mass is 10.1. The highest BCUT2D eigenvalue weighted by Crippen LogP contribution is 2.35. The van der Waals surface area contributed by atoms with Gasteiger partial charge in [0.15, 0.2) is 17.2 Å². The Morgan fingerprint density at radius 1 is 0.630 bits per heavy atom. The lowest BCUT2D eigenvalue weighted by Crippen LogP contribution is -2.16. The Hall–Kier alpha value is -4.00. The monoisotopic (exact) mass is 364 g/mol. The maximum Gasteiger partial charge on any atom is 0.255 e. The molecule has 2 amide bonds. The molecule has 0 atom stereocenters. The van der Waals surface area contributed by atoms with E-state index in [0.717, 1.165) is 12.1 Å². The lowest BCUT2D eigenvalue weighted by molar-refractivity contribution is 0.101. The predicted octanol–water partition coefficient (Wildman–Crippen LogP) is 3.31. The molecule has 7 heteroatoms. The van der Waals surface area contributed by atoms with Gasteiger partial charge in [0, 0.05) is 11.1 Å². The topological polar surface area (TPSA) is 119 Å². The number of benzene rings is 3. The van der Waals surface area contributed by atoms with Crippen LogP contribution in [0.1, 0.15) is 20.7 Å². The van der Waals surface area contributed by atoms with Gasteiger partial charge in [-0.25, -0.2) is 0 Å². The smallest absolute Gasteiger partial charge is 0.255 e. The molecule has 0 fully saturated rings. The highest BCUT2D eigenvalue weighted by molar-refractivity contribution is 6.10. The Morgan fingerprint density at radius 2 is 1.07 bits per heavy atom. The van der Waals surface area contributed by atoms with Crippen molar-refractivity contribution in [2.45, 2.75) is 0 Å². The molecule has 0 saturated carbocycles. The number of para-hydroxylation sites is 2. The van der Waals surface area contributed by atoms with Gasteiger partial charge in [0.2, 0.25) is 0 Å². The first-order valence-corrected chi connectivity index (χ1v) is 7.97. The zero-order valence-electron chi connectivity index (χ0n) is 14.0. The van der Waals surface area contributed by atoms with Crippen LogP contribution in [0.3, 0.4) is 0 Å². The van der Waals surface area contributed by atoms with Crippen molar-refractivity contribution in [1.29, 1.82) is 0 Å². The maximum absolute atomic E-state index is 12.4. The van der Waals surface area contributed by atoms with Crippen LogP contribution < -0.4 is 10.6 Å². The summed E-state index contributed by atoms with van der Waals surface area (Å²) in [6.07, 6.45) is 0. The number of phenolic OH excluding ortho intramolecular Hbond substituents is 3. The fourth-order valence-electron chi connectivity index (χ4n) is 2.41. The van der Waals surface area contributed by atoms with Crippen LogP contribution >= 0.6 is 0 Å². The molecule has 0 aliphatic heterocycles. The summed E-state index contributed by atoms with van der Waals surface area (Å²) < 4.78 is 0. The van der Waals surface area contributed by atoms with Crippen LogP contribution in [0, 0.1) is 0 Å². The van der Waals surface area contributed by atoms with Gasteiger partial charge in [0.05, 0.1) is 11.4 Å². The Morgan fingerprint density at radius 3 is 1.59 bits per heavy atom. The van der Waals surface area contributed by atoms with E-state index in [4.69, 9.17) is 0 Å². The predicted molar refractivity (Wildman–Crippen MR) is 100 cm³/mol. The summed E-state index contributed by atoms with van der Waals surface area (Å²) >= 11 is 0. The number of phenols is 3. The van der Waals surface area contributed by atoms with E-state index in [1.54, 1.807) is 54.6 Å². The van der Waals surface area contributed by atoms with Gasteiger partial charge in [0.1, 0.15) is 0 Å². The molecular formula is C20H16N2O5. The van der Waals surface area contributed by atoms with Crippen molar-refractivity contribution in [3.05, 3.63) is 77.9 Å². The minimum absolute atomic E-state index is 0.0630. The lowest BCUT2D eigenvalue weighted by Gasteiger charge is -2.13. The van der Waals surface area contributed by atoms with E-state index >= 15 is 0 Å². The maximum atomic E-state index is 12.4. The first kappa shape index (κ1) is 17.8. The van der Waals surface area contributed by atoms with E-state index < -0.39 is 23.2 Å². The van der Waals surface area contributed by atoms with Gasteiger partial charge in [-0.2, -0.15) is 0 Å². The zero-order chi connectivity index (χ0) is 19.4. The van der Waals surface area contributed by atoms with Gasteiger partial charge in [-0.3, -0.25) is 9.59 Å². The van der Waals surface area contributed by atoms with Crippen molar-refractivity contribution in [1.82, 2.24) is 0 Å². The van der Waals surface area contributed by atoms with E-state index in [2.05, 4.69) is 10.6 Å². The first-order valence-electron chi connectivity index (χ1n) is 7.97. The second-order valence-electron chi connectivity index (χ2n) is 5.68. The molecule has 7 nitrogen and oxygen atoms in total. The molecule has 0 radical (unpaired) electrons. The number of hydrogen-bond donors (Lipinski definition) is 5. The van der Waals surface area contributed by atoms with E-state index in [0.29, 0.717) is 16.9 Å². The average molecular weight is 364 g/mol. The van der Waals surface area contributed by atoms with E-state index in [1.807, 2.05) is 0 Å². The molecule has 0 spiro atoms. The van der Waals surface area contributed by atoms with Gasteiger partial charge >= 0.3 is 0 Å². The summed E-state index contributed by atoms with van der Waals surface area (Å²) in [6.45, 7) is 0. The molecule has 0 aliphatic carbocycles. The molecule has 3 aromatic rings. The third kappa shape index (κ3) is 3.98. The summed E-state index contributed by atoms with van der Waals surface area (Å²) in [5.41, 5.74) is 1.12. The van der Waals surface area contributed by atoms with Crippen LogP contribution in [-0.4, -0.2) is 27.1 Å². The van der Waals surface area contributed by atoms with E-state index in [-0.39, 0.29) is 11.5 Å². The van der Waals surface area contributed by atoms with Crippen LogP contribution in [0.25, 0.3) is 0 Å². The van der Waals surface area contributed by atoms with Crippen molar-refractivity contribution < 1.29 is 24.9 Å². The molecule has 0 aliphatic rings. The number of rotatable bonds is 4. The Balaban J connectivity index is 1.82. The normalized spacial score (nSPS) is 10.2. The molecule has 0 aromatic heterocycles. The fraction of sp³-hybridized carbons (Fsp3) is 0. The van der Waals surface area contributed by atoms with Crippen molar-refractivity contribution in [3.63, 3.8) is 0 Å². The van der Waals surface area contributed by atoms with Gasteiger partial charge < -0.3 is 26.0 Å². The Bertz CT molecular complexity index is 979. The molecule has 0 heterocycles. The van der Waals surface area contributed by atoms with Crippen LogP contribution in [0.4, 0.5) is 11.4 Å². The summed E-state index contributed by atoms with van der Waals surface area (Å²) in [7, 11) is 0. The van der Waals surface area contributed by atoms with Gasteiger partial charge in [-0.05, 0) is 36.4 Å². The minimum atomic E-state index is -0.706. The number of anilines is 2. The molecule has 27 heavy (non-hydrogen) atoms. The van der Waals surface area contributed by atoms with Crippen LogP contribution in [0.2, 0.25) is 0 Å². The third-order valence-corrected chi connectivity index (χ3v) is 3.79. The molecule has 0 bridgehead atoms. The number of nitrogens with one attached hydrogen (secondary N) is 2. The average Bonchev–Trinajstić information content (AvgIpc) is 2.67. The van der Waals surface area contributed by atoms with Crippen LogP contribution in [0.15, 0.2) is 66.7 Å². The number of hydrogen-bond acceptors (Lipinski definition) is 5. The van der Waals surface area contributed by atoms with E-state index in [9.17, 15) is 24.9 Å². The molecule has 5 N–H and O–H groups in total. The third-order valence-electron chi connectivity index (χ3n) is 3.79. The molecule has 136 valence electrons. The largest absolute Gasteiger partial charge is 0.504 e. The Labute approximate surface area is 154 Å². The summed E-state index contributed by atoms with van der Waals surface area (Å²) in [4.78, 5) is 24.7. The van der Waals surface area contributed by atoms with Crippen molar-refractivity contribution in [2.75, 3.05) is 10.6 Å². The zero-order valence-corrected chi connectivity index (χ0v) is 14.0. The molecule has 0 saturated heterocycles. The fourth-order valence-corrected chi connectivity index (χ4v) is 2.41. The Kier molecular flexibility index (Phi) is 4.94. The van der Waals surface area contributed by atoms with Crippen molar-refractivity contribution in [2.24, 2.45) is 0 Å². The SMILES string of the molecule is O=C(Nc1ccccc1NC(=O)c1cc(O)c(O)c(O)c1)c1ccccc1. The van der Waals surface area contributed by atoms with E-state index in [1.165, 1.54) is 0 Å². The first-order chi connectivity index (χ1) is 13.0. The number of carbonyl (C=O) groups is 2. The molecular weight excluding hydrogens is 348 g/mol. The summed E-state index contributed by atoms with van der Waals surface area (Å²) in [5.74, 6) is -2.92. The molecule has 0 unspecified atom stereocenters. The van der Waals surface area contributed by atoms with Gasteiger partial charge in [-0.1, -0.05) is 30.3 Å². The number of amides is 2. The minimum Gasteiger partial charge on any atom is -0.504 e. The number of aromatic hydroxyl groups is 3. The van der Waals surface area contributed by atoms with Crippen molar-refractivity contribution in [3.8, 4) is 17.2 Å². The van der Waals surface area contributed by atoms with Gasteiger partial charge in [-0.15, -0.1) is 0 Å². The quantitative estimate of drug-likeness (QED) is 0.455. The van der Waals surface area contributed by atoms with Crippen LogP contribution in [0.5, 0.6) is 17.2 Å². The second kappa shape index (κ2) is 7.49. The standard InChI is InChI=1S/C20H16N2O5/c23-16-10-13(11-17(24)18(16)25)20(27)22-15-9-5-4-8-14(15)21-19(26)12-6-2-1-3-7-12/h1-11,23-25H,(H,21,26)(H,22,27). The number of carbonyl (C=O) groups excluding carboxylic acids is 2. The molecule has 3 aromatic carbocycles. The van der Waals surface area contributed by atoms with Crippen LogP contribution in [-0.2, 0) is 0 Å². The van der Waals surface area contributed by atoms with Gasteiger partial charge in [0.25, 0.3) is 11.8 Å². The van der Waals surface area contributed by atoms with Crippen molar-refractivity contribution >= 4 is 23.2 Å². The summed E-state index contributed by atoms with van der Waals surface area (Å²) in [5, 5.41) is 33.8. The summed E-state index contributed by atoms with van der Waals surface area (Å²) in [6, 6.07) is 17.3. The highest BCUT2D eigenvalue weighted by atomic mass is 16.3.